The van der Waals surface area contributed by atoms with E-state index in [0.29, 0.717) is 11.8 Å². The zero-order chi connectivity index (χ0) is 15.4. The number of aliphatic hydroxyl groups excluding tert-OH is 1. The van der Waals surface area contributed by atoms with Crippen molar-refractivity contribution in [2.24, 2.45) is 5.73 Å². The second-order valence-electron chi connectivity index (χ2n) is 5.77. The summed E-state index contributed by atoms with van der Waals surface area (Å²) in [5, 5.41) is 15.9. The Bertz CT molecular complexity index is 498. The van der Waals surface area contributed by atoms with Gasteiger partial charge in [-0.1, -0.05) is 0 Å². The van der Waals surface area contributed by atoms with E-state index < -0.39 is 5.91 Å². The molecule has 5 N–H and O–H groups in total. The van der Waals surface area contributed by atoms with Crippen LogP contribution in [0.4, 0.5) is 11.8 Å². The topological polar surface area (TPSA) is 113 Å². The summed E-state index contributed by atoms with van der Waals surface area (Å²) in [6, 6.07) is 0.385. The van der Waals surface area contributed by atoms with Crippen LogP contribution in [0, 0.1) is 0 Å². The zero-order valence-corrected chi connectivity index (χ0v) is 12.5. The van der Waals surface area contributed by atoms with Gasteiger partial charge in [0.05, 0.1) is 11.7 Å². The van der Waals surface area contributed by atoms with Crippen molar-refractivity contribution in [2.45, 2.75) is 57.7 Å². The van der Waals surface area contributed by atoms with Gasteiger partial charge in [-0.2, -0.15) is 4.98 Å². The lowest BCUT2D eigenvalue weighted by molar-refractivity contribution is 0.100. The van der Waals surface area contributed by atoms with E-state index in [1.54, 1.807) is 0 Å². The first kappa shape index (κ1) is 15.5. The standard InChI is InChI=1S/C14H23N5O2/c1-8(2)17-13-11(12(15)21)7-16-14(19-13)18-9-3-5-10(20)6-4-9/h7-10,20H,3-6H2,1-2H3,(H2,15,21)(H2,16,17,18,19)/t9-,10+. The number of primary amides is 1. The third kappa shape index (κ3) is 4.29. The maximum Gasteiger partial charge on any atom is 0.254 e. The van der Waals surface area contributed by atoms with E-state index in [4.69, 9.17) is 5.73 Å². The van der Waals surface area contributed by atoms with Crippen LogP contribution in [0.15, 0.2) is 6.20 Å². The first-order chi connectivity index (χ1) is 9.95. The molecule has 1 heterocycles. The molecular formula is C14H23N5O2. The van der Waals surface area contributed by atoms with Crippen LogP contribution in [-0.4, -0.2) is 39.2 Å². The number of hydrogen-bond acceptors (Lipinski definition) is 6. The Morgan fingerprint density at radius 2 is 2.05 bits per heavy atom. The quantitative estimate of drug-likeness (QED) is 0.647. The van der Waals surface area contributed by atoms with Gasteiger partial charge in [0, 0.05) is 18.3 Å². The summed E-state index contributed by atoms with van der Waals surface area (Å²) in [6.45, 7) is 3.92. The number of nitrogens with two attached hydrogens (primary N) is 1. The molecule has 0 radical (unpaired) electrons. The van der Waals surface area contributed by atoms with Crippen molar-refractivity contribution in [2.75, 3.05) is 10.6 Å². The number of carbonyl (C=O) groups excluding carboxylic acids is 1. The molecule has 1 fully saturated rings. The Balaban J connectivity index is 2.11. The van der Waals surface area contributed by atoms with Gasteiger partial charge in [-0.05, 0) is 39.5 Å². The number of carbonyl (C=O) groups is 1. The van der Waals surface area contributed by atoms with Crippen molar-refractivity contribution in [3.05, 3.63) is 11.8 Å². The summed E-state index contributed by atoms with van der Waals surface area (Å²) in [4.78, 5) is 19.9. The highest BCUT2D eigenvalue weighted by Gasteiger charge is 2.20. The number of rotatable bonds is 5. The highest BCUT2D eigenvalue weighted by Crippen LogP contribution is 2.22. The van der Waals surface area contributed by atoms with Crippen LogP contribution in [0.2, 0.25) is 0 Å². The lowest BCUT2D eigenvalue weighted by Gasteiger charge is -2.26. The van der Waals surface area contributed by atoms with Crippen LogP contribution >= 0.6 is 0 Å². The summed E-state index contributed by atoms with van der Waals surface area (Å²) in [5.74, 6) is 0.376. The van der Waals surface area contributed by atoms with Crippen LogP contribution < -0.4 is 16.4 Å². The van der Waals surface area contributed by atoms with Gasteiger partial charge in [-0.15, -0.1) is 0 Å². The van der Waals surface area contributed by atoms with E-state index in [0.717, 1.165) is 25.7 Å². The van der Waals surface area contributed by atoms with Gasteiger partial charge >= 0.3 is 0 Å². The van der Waals surface area contributed by atoms with Gasteiger partial charge in [0.15, 0.2) is 0 Å². The number of aromatic nitrogens is 2. The normalized spacial score (nSPS) is 22.1. The first-order valence-corrected chi connectivity index (χ1v) is 7.33. The monoisotopic (exact) mass is 293 g/mol. The molecule has 0 unspecified atom stereocenters. The molecule has 1 aliphatic carbocycles. The molecule has 1 aromatic rings. The molecule has 0 aliphatic heterocycles. The van der Waals surface area contributed by atoms with E-state index >= 15 is 0 Å². The molecule has 0 atom stereocenters. The minimum Gasteiger partial charge on any atom is -0.393 e. The van der Waals surface area contributed by atoms with Gasteiger partial charge < -0.3 is 21.5 Å². The van der Waals surface area contributed by atoms with Crippen molar-refractivity contribution in [1.29, 1.82) is 0 Å². The summed E-state index contributed by atoms with van der Waals surface area (Å²) in [7, 11) is 0. The number of nitrogens with zero attached hydrogens (tertiary/aromatic N) is 2. The number of aliphatic hydroxyl groups is 1. The lowest BCUT2D eigenvalue weighted by atomic mass is 9.93. The average Bonchev–Trinajstić information content (AvgIpc) is 2.40. The van der Waals surface area contributed by atoms with Gasteiger partial charge in [0.2, 0.25) is 5.95 Å². The molecule has 21 heavy (non-hydrogen) atoms. The molecule has 0 aromatic carbocycles. The van der Waals surface area contributed by atoms with Gasteiger partial charge in [0.1, 0.15) is 5.82 Å². The largest absolute Gasteiger partial charge is 0.393 e. The predicted molar refractivity (Wildman–Crippen MR) is 81.2 cm³/mol. The smallest absolute Gasteiger partial charge is 0.254 e. The highest BCUT2D eigenvalue weighted by atomic mass is 16.3. The zero-order valence-electron chi connectivity index (χ0n) is 12.5. The Morgan fingerprint density at radius 3 is 2.62 bits per heavy atom. The summed E-state index contributed by atoms with van der Waals surface area (Å²) < 4.78 is 0. The maximum absolute atomic E-state index is 11.4. The van der Waals surface area contributed by atoms with Crippen molar-refractivity contribution in [3.8, 4) is 0 Å². The Kier molecular flexibility index (Phi) is 4.95. The fourth-order valence-electron chi connectivity index (χ4n) is 2.42. The molecular weight excluding hydrogens is 270 g/mol. The third-order valence-electron chi connectivity index (χ3n) is 3.51. The highest BCUT2D eigenvalue weighted by molar-refractivity contribution is 5.97. The van der Waals surface area contributed by atoms with Crippen LogP contribution in [0.25, 0.3) is 0 Å². The van der Waals surface area contributed by atoms with E-state index in [2.05, 4.69) is 20.6 Å². The number of nitrogens with one attached hydrogen (secondary N) is 2. The van der Waals surface area contributed by atoms with Crippen LogP contribution in [0.3, 0.4) is 0 Å². The summed E-state index contributed by atoms with van der Waals surface area (Å²) in [6.07, 6.45) is 4.59. The van der Waals surface area contributed by atoms with E-state index in [9.17, 15) is 9.90 Å². The second-order valence-corrected chi connectivity index (χ2v) is 5.77. The van der Waals surface area contributed by atoms with Crippen molar-refractivity contribution in [1.82, 2.24) is 9.97 Å². The summed E-state index contributed by atoms with van der Waals surface area (Å²) >= 11 is 0. The Morgan fingerprint density at radius 1 is 1.38 bits per heavy atom. The first-order valence-electron chi connectivity index (χ1n) is 7.33. The molecule has 7 heteroatoms. The van der Waals surface area contributed by atoms with Crippen LogP contribution in [-0.2, 0) is 0 Å². The van der Waals surface area contributed by atoms with Crippen molar-refractivity contribution in [3.63, 3.8) is 0 Å². The van der Waals surface area contributed by atoms with E-state index in [1.165, 1.54) is 6.20 Å². The SMILES string of the molecule is CC(C)Nc1nc(N[C@H]2CC[C@@H](O)CC2)ncc1C(N)=O. The molecule has 0 bridgehead atoms. The Labute approximate surface area is 124 Å². The van der Waals surface area contributed by atoms with E-state index in [-0.39, 0.29) is 23.8 Å². The van der Waals surface area contributed by atoms with Gasteiger partial charge in [0.25, 0.3) is 5.91 Å². The van der Waals surface area contributed by atoms with Crippen LogP contribution in [0.1, 0.15) is 49.9 Å². The fraction of sp³-hybridized carbons (Fsp3) is 0.643. The maximum atomic E-state index is 11.4. The third-order valence-corrected chi connectivity index (χ3v) is 3.51. The molecule has 2 rings (SSSR count). The average molecular weight is 293 g/mol. The van der Waals surface area contributed by atoms with E-state index in [1.807, 2.05) is 13.8 Å². The lowest BCUT2D eigenvalue weighted by Crippen LogP contribution is -2.29. The Hall–Kier alpha value is -1.89. The fourth-order valence-corrected chi connectivity index (χ4v) is 2.42. The van der Waals surface area contributed by atoms with Gasteiger partial charge in [-0.3, -0.25) is 4.79 Å². The van der Waals surface area contributed by atoms with Crippen molar-refractivity contribution >= 4 is 17.7 Å². The molecule has 7 nitrogen and oxygen atoms in total. The van der Waals surface area contributed by atoms with Crippen molar-refractivity contribution < 1.29 is 9.90 Å². The second kappa shape index (κ2) is 6.71. The molecule has 1 aliphatic rings. The molecule has 1 aromatic heterocycles. The molecule has 0 spiro atoms. The minimum atomic E-state index is -0.550. The molecule has 1 saturated carbocycles. The number of hydrogen-bond donors (Lipinski definition) is 4. The number of amides is 1. The molecule has 0 saturated heterocycles. The molecule has 116 valence electrons. The van der Waals surface area contributed by atoms with Crippen LogP contribution in [0.5, 0.6) is 0 Å². The predicted octanol–water partition coefficient (Wildman–Crippen LogP) is 1.11. The molecule has 1 amide bonds. The van der Waals surface area contributed by atoms with Gasteiger partial charge in [-0.25, -0.2) is 4.98 Å². The number of anilines is 2. The summed E-state index contributed by atoms with van der Waals surface area (Å²) in [5.41, 5.74) is 5.62. The minimum absolute atomic E-state index is 0.135.